The van der Waals surface area contributed by atoms with Gasteiger partial charge in [-0.15, -0.1) is 0 Å². The quantitative estimate of drug-likeness (QED) is 0.219. The molecule has 1 aromatic heterocycles. The highest BCUT2D eigenvalue weighted by Crippen LogP contribution is 2.60. The number of benzene rings is 2. The van der Waals surface area contributed by atoms with Gasteiger partial charge in [-0.1, -0.05) is 28.1 Å². The van der Waals surface area contributed by atoms with E-state index in [-0.39, 0.29) is 16.9 Å². The van der Waals surface area contributed by atoms with E-state index in [4.69, 9.17) is 0 Å². The minimum absolute atomic E-state index is 0.105. The van der Waals surface area contributed by atoms with Crippen LogP contribution < -0.4 is 5.56 Å². The first-order valence-corrected chi connectivity index (χ1v) is 13.4. The molecular weight excluding hydrogens is 520 g/mol. The van der Waals surface area contributed by atoms with Gasteiger partial charge in [0.15, 0.2) is 0 Å². The third kappa shape index (κ3) is 3.86. The number of halogens is 1. The minimum Gasteiger partial charge on any atom is -0.295 e. The van der Waals surface area contributed by atoms with Gasteiger partial charge in [0.05, 0.1) is 16.2 Å². The van der Waals surface area contributed by atoms with Crippen LogP contribution in [-0.2, 0) is 5.41 Å². The number of H-pyrrole nitrogens is 1. The van der Waals surface area contributed by atoms with E-state index >= 15 is 0 Å². The van der Waals surface area contributed by atoms with E-state index < -0.39 is 4.92 Å². The Hall–Kier alpha value is -3.00. The number of hydrogen-bond acceptors (Lipinski definition) is 4. The summed E-state index contributed by atoms with van der Waals surface area (Å²) >= 11 is 3.30. The smallest absolute Gasteiger partial charge is 0.295 e. The SMILES string of the molecule is Cc1cc(Br)cc([N+](=O)[O-])c1N=Cc1c(C)[nH]n(-c2ccc(C34CC5CC(CC(C5)C3)C4)cc2)c1=O. The second kappa shape index (κ2) is 8.54. The van der Waals surface area contributed by atoms with Gasteiger partial charge in [-0.3, -0.25) is 20.0 Å². The lowest BCUT2D eigenvalue weighted by Gasteiger charge is -2.57. The van der Waals surface area contributed by atoms with Crippen molar-refractivity contribution in [2.45, 2.75) is 57.8 Å². The van der Waals surface area contributed by atoms with Gasteiger partial charge in [0.2, 0.25) is 0 Å². The van der Waals surface area contributed by atoms with Gasteiger partial charge in [0.25, 0.3) is 11.2 Å². The summed E-state index contributed by atoms with van der Waals surface area (Å²) in [7, 11) is 0. The van der Waals surface area contributed by atoms with Crippen molar-refractivity contribution in [1.82, 2.24) is 9.78 Å². The Balaban J connectivity index is 1.30. The van der Waals surface area contributed by atoms with Gasteiger partial charge in [-0.2, -0.15) is 0 Å². The molecule has 0 amide bonds. The third-order valence-electron chi connectivity index (χ3n) is 8.66. The van der Waals surface area contributed by atoms with Crippen LogP contribution in [-0.4, -0.2) is 20.9 Å². The van der Waals surface area contributed by atoms with Crippen molar-refractivity contribution in [3.63, 3.8) is 0 Å². The molecule has 0 aliphatic heterocycles. The van der Waals surface area contributed by atoms with Crippen LogP contribution >= 0.6 is 15.9 Å². The van der Waals surface area contributed by atoms with E-state index in [0.29, 0.717) is 26.7 Å². The molecule has 0 unspecified atom stereocenters. The average Bonchev–Trinajstić information content (AvgIpc) is 3.10. The topological polar surface area (TPSA) is 93.3 Å². The van der Waals surface area contributed by atoms with E-state index in [1.54, 1.807) is 13.0 Å². The summed E-state index contributed by atoms with van der Waals surface area (Å²) in [6.45, 7) is 3.57. The number of aromatic amines is 1. The van der Waals surface area contributed by atoms with Crippen LogP contribution in [0.2, 0.25) is 0 Å². The molecule has 4 bridgehead atoms. The Morgan fingerprint density at radius 3 is 2.28 bits per heavy atom. The summed E-state index contributed by atoms with van der Waals surface area (Å²) < 4.78 is 2.14. The number of nitrogens with zero attached hydrogens (tertiary/aromatic N) is 3. The molecule has 2 aromatic carbocycles. The first kappa shape index (κ1) is 23.4. The van der Waals surface area contributed by atoms with E-state index in [1.165, 1.54) is 61.1 Å². The Kier molecular flexibility index (Phi) is 5.55. The fraction of sp³-hybridized carbons (Fsp3) is 0.429. The molecule has 1 N–H and O–H groups in total. The molecule has 1 heterocycles. The zero-order valence-electron chi connectivity index (χ0n) is 20.5. The number of hydrogen-bond donors (Lipinski definition) is 1. The number of nitro benzene ring substituents is 1. The highest BCUT2D eigenvalue weighted by molar-refractivity contribution is 9.10. The molecule has 0 radical (unpaired) electrons. The molecule has 7 rings (SSSR count). The van der Waals surface area contributed by atoms with Crippen LogP contribution in [0.1, 0.15) is 60.9 Å². The average molecular weight is 549 g/mol. The molecular formula is C28H29BrN4O3. The zero-order valence-corrected chi connectivity index (χ0v) is 22.0. The highest BCUT2D eigenvalue weighted by atomic mass is 79.9. The third-order valence-corrected chi connectivity index (χ3v) is 9.12. The fourth-order valence-corrected chi connectivity index (χ4v) is 8.04. The summed E-state index contributed by atoms with van der Waals surface area (Å²) in [5.41, 5.74) is 4.13. The largest absolute Gasteiger partial charge is 0.296 e. The van der Waals surface area contributed by atoms with Crippen molar-refractivity contribution < 1.29 is 4.92 Å². The molecule has 4 aliphatic rings. The normalized spacial score (nSPS) is 26.7. The summed E-state index contributed by atoms with van der Waals surface area (Å²) in [6.07, 6.45) is 9.61. The van der Waals surface area contributed by atoms with Crippen LogP contribution in [0.4, 0.5) is 11.4 Å². The number of aryl methyl sites for hydroxylation is 2. The summed E-state index contributed by atoms with van der Waals surface area (Å²) in [5, 5.41) is 14.7. The van der Waals surface area contributed by atoms with Gasteiger partial charge in [0, 0.05) is 22.4 Å². The highest BCUT2D eigenvalue weighted by Gasteiger charge is 2.51. The zero-order chi connectivity index (χ0) is 25.2. The van der Waals surface area contributed by atoms with Crippen molar-refractivity contribution in [2.24, 2.45) is 22.7 Å². The van der Waals surface area contributed by atoms with Crippen molar-refractivity contribution >= 4 is 33.5 Å². The maximum Gasteiger partial charge on any atom is 0.296 e. The first-order chi connectivity index (χ1) is 17.2. The predicted molar refractivity (Wildman–Crippen MR) is 144 cm³/mol. The van der Waals surface area contributed by atoms with Crippen molar-refractivity contribution in [1.29, 1.82) is 0 Å². The van der Waals surface area contributed by atoms with Crippen LogP contribution in [0.5, 0.6) is 0 Å². The van der Waals surface area contributed by atoms with Crippen LogP contribution in [0.25, 0.3) is 5.69 Å². The lowest BCUT2D eigenvalue weighted by molar-refractivity contribution is -0.384. The van der Waals surface area contributed by atoms with Crippen molar-refractivity contribution in [3.8, 4) is 5.69 Å². The van der Waals surface area contributed by atoms with E-state index in [1.807, 2.05) is 19.1 Å². The monoisotopic (exact) mass is 548 g/mol. The maximum atomic E-state index is 13.3. The summed E-state index contributed by atoms with van der Waals surface area (Å²) in [4.78, 5) is 28.7. The van der Waals surface area contributed by atoms with E-state index in [2.05, 4.69) is 38.2 Å². The molecule has 4 saturated carbocycles. The van der Waals surface area contributed by atoms with Gasteiger partial charge in [-0.05, 0) is 105 Å². The van der Waals surface area contributed by atoms with Gasteiger partial charge >= 0.3 is 0 Å². The standard InChI is InChI=1S/C28H29BrN4O3/c1-16-7-22(29)11-25(33(35)36)26(16)30-15-24-17(2)31-32(27(24)34)23-5-3-21(4-6-23)28-12-18-8-19(13-28)10-20(9-18)14-28/h3-7,11,15,18-20,31H,8-10,12-14H2,1-2H3. The molecule has 4 aliphatic carbocycles. The number of rotatable bonds is 5. The second-order valence-corrected chi connectivity index (χ2v) is 12.1. The first-order valence-electron chi connectivity index (χ1n) is 12.6. The van der Waals surface area contributed by atoms with Crippen molar-refractivity contribution in [3.05, 3.63) is 83.7 Å². The number of nitrogens with one attached hydrogen (secondary N) is 1. The molecule has 3 aromatic rings. The maximum absolute atomic E-state index is 13.3. The molecule has 0 saturated heterocycles. The van der Waals surface area contributed by atoms with Crippen molar-refractivity contribution in [2.75, 3.05) is 0 Å². The number of nitro groups is 1. The van der Waals surface area contributed by atoms with Gasteiger partial charge in [-0.25, -0.2) is 9.67 Å². The molecule has 4 fully saturated rings. The lowest BCUT2D eigenvalue weighted by Crippen LogP contribution is -2.48. The predicted octanol–water partition coefficient (Wildman–Crippen LogP) is 6.67. The Labute approximate surface area is 217 Å². The molecule has 0 atom stereocenters. The molecule has 36 heavy (non-hydrogen) atoms. The Bertz CT molecular complexity index is 1420. The number of aliphatic imine (C=N–C) groups is 1. The lowest BCUT2D eigenvalue weighted by atomic mass is 9.48. The molecule has 186 valence electrons. The fourth-order valence-electron chi connectivity index (χ4n) is 7.48. The minimum atomic E-state index is -0.460. The molecule has 0 spiro atoms. The van der Waals surface area contributed by atoms with Crippen LogP contribution in [0, 0.1) is 41.7 Å². The summed E-state index contributed by atoms with van der Waals surface area (Å²) in [5.74, 6) is 2.66. The van der Waals surface area contributed by atoms with Gasteiger partial charge < -0.3 is 0 Å². The van der Waals surface area contributed by atoms with Crippen LogP contribution in [0.3, 0.4) is 0 Å². The molecule has 8 heteroatoms. The number of aromatic nitrogens is 2. The van der Waals surface area contributed by atoms with E-state index in [0.717, 1.165) is 23.4 Å². The van der Waals surface area contributed by atoms with Crippen LogP contribution in [0.15, 0.2) is 50.7 Å². The Morgan fingerprint density at radius 2 is 1.69 bits per heavy atom. The van der Waals surface area contributed by atoms with Gasteiger partial charge in [0.1, 0.15) is 5.69 Å². The Morgan fingerprint density at radius 1 is 1.08 bits per heavy atom. The molecule has 7 nitrogen and oxygen atoms in total. The van der Waals surface area contributed by atoms with E-state index in [9.17, 15) is 14.9 Å². The summed E-state index contributed by atoms with van der Waals surface area (Å²) in [6, 6.07) is 11.7. The second-order valence-electron chi connectivity index (χ2n) is 11.1.